The molecule has 0 aromatic heterocycles. The standard InChI is InChI=1S/C13H26N2.C2H6/c1-11(2)13-4-7-15(8-5-13)10-12-3-6-14-9-12;1-2/h11-14H,3-10H2,1-2H3;1-2H3. The largest absolute Gasteiger partial charge is 0.316 e. The molecule has 1 N–H and O–H groups in total. The van der Waals surface area contributed by atoms with Crippen molar-refractivity contribution in [2.75, 3.05) is 32.7 Å². The van der Waals surface area contributed by atoms with Gasteiger partial charge in [0.25, 0.3) is 0 Å². The summed E-state index contributed by atoms with van der Waals surface area (Å²) in [6, 6.07) is 0. The molecule has 0 amide bonds. The van der Waals surface area contributed by atoms with Crippen molar-refractivity contribution in [1.29, 1.82) is 0 Å². The van der Waals surface area contributed by atoms with E-state index in [-0.39, 0.29) is 0 Å². The molecule has 2 nitrogen and oxygen atoms in total. The summed E-state index contributed by atoms with van der Waals surface area (Å²) >= 11 is 0. The van der Waals surface area contributed by atoms with Gasteiger partial charge in [0, 0.05) is 6.54 Å². The Labute approximate surface area is 108 Å². The van der Waals surface area contributed by atoms with Gasteiger partial charge in [-0.15, -0.1) is 0 Å². The summed E-state index contributed by atoms with van der Waals surface area (Å²) in [7, 11) is 0. The van der Waals surface area contributed by atoms with Gasteiger partial charge < -0.3 is 10.2 Å². The lowest BCUT2D eigenvalue weighted by molar-refractivity contribution is 0.142. The van der Waals surface area contributed by atoms with Crippen LogP contribution in [0.1, 0.15) is 47.0 Å². The van der Waals surface area contributed by atoms with Gasteiger partial charge >= 0.3 is 0 Å². The van der Waals surface area contributed by atoms with E-state index >= 15 is 0 Å². The second-order valence-electron chi connectivity index (χ2n) is 5.74. The monoisotopic (exact) mass is 240 g/mol. The van der Waals surface area contributed by atoms with Crippen LogP contribution in [0.3, 0.4) is 0 Å². The lowest BCUT2D eigenvalue weighted by atomic mass is 9.86. The van der Waals surface area contributed by atoms with Crippen LogP contribution in [-0.4, -0.2) is 37.6 Å². The fourth-order valence-electron chi connectivity index (χ4n) is 3.04. The van der Waals surface area contributed by atoms with Gasteiger partial charge in [-0.3, -0.25) is 0 Å². The third-order valence-corrected chi connectivity index (χ3v) is 4.25. The molecule has 0 aliphatic carbocycles. The minimum absolute atomic E-state index is 0.889. The second kappa shape index (κ2) is 8.10. The zero-order valence-corrected chi connectivity index (χ0v) is 12.3. The molecule has 0 spiro atoms. The highest BCUT2D eigenvalue weighted by molar-refractivity contribution is 4.79. The van der Waals surface area contributed by atoms with Crippen molar-refractivity contribution in [3.8, 4) is 0 Å². The highest BCUT2D eigenvalue weighted by atomic mass is 15.1. The first-order chi connectivity index (χ1) is 8.25. The molecule has 2 saturated heterocycles. The zero-order valence-electron chi connectivity index (χ0n) is 12.3. The Kier molecular flexibility index (Phi) is 7.14. The van der Waals surface area contributed by atoms with Gasteiger partial charge in [0.1, 0.15) is 0 Å². The lowest BCUT2D eigenvalue weighted by Gasteiger charge is -2.35. The van der Waals surface area contributed by atoms with Crippen molar-refractivity contribution in [1.82, 2.24) is 10.2 Å². The van der Waals surface area contributed by atoms with E-state index in [9.17, 15) is 0 Å². The molecular formula is C15H32N2. The number of likely N-dealkylation sites (tertiary alicyclic amines) is 1. The van der Waals surface area contributed by atoms with Crippen LogP contribution in [0.15, 0.2) is 0 Å². The number of nitrogens with one attached hydrogen (secondary N) is 1. The molecule has 2 heterocycles. The Hall–Kier alpha value is -0.0800. The third-order valence-electron chi connectivity index (χ3n) is 4.25. The van der Waals surface area contributed by atoms with E-state index in [1.807, 2.05) is 13.8 Å². The van der Waals surface area contributed by atoms with E-state index < -0.39 is 0 Å². The molecule has 0 bridgehead atoms. The summed E-state index contributed by atoms with van der Waals surface area (Å²) in [5.41, 5.74) is 0. The van der Waals surface area contributed by atoms with Crippen molar-refractivity contribution >= 4 is 0 Å². The van der Waals surface area contributed by atoms with Gasteiger partial charge in [-0.2, -0.15) is 0 Å². The Bertz CT molecular complexity index is 177. The SMILES string of the molecule is CC.CC(C)C1CCN(CC2CCNC2)CC1. The molecule has 2 aliphatic rings. The molecule has 2 aliphatic heterocycles. The van der Waals surface area contributed by atoms with Crippen LogP contribution in [0.4, 0.5) is 0 Å². The summed E-state index contributed by atoms with van der Waals surface area (Å²) in [5.74, 6) is 2.81. The summed E-state index contributed by atoms with van der Waals surface area (Å²) in [5, 5.41) is 3.46. The lowest BCUT2D eigenvalue weighted by Crippen LogP contribution is -2.38. The minimum atomic E-state index is 0.889. The van der Waals surface area contributed by atoms with Crippen LogP contribution < -0.4 is 5.32 Å². The van der Waals surface area contributed by atoms with Gasteiger partial charge in [0.05, 0.1) is 0 Å². The molecule has 0 saturated carbocycles. The maximum atomic E-state index is 3.46. The first-order valence-electron chi connectivity index (χ1n) is 7.69. The van der Waals surface area contributed by atoms with Gasteiger partial charge in [0.2, 0.25) is 0 Å². The van der Waals surface area contributed by atoms with Gasteiger partial charge in [0.15, 0.2) is 0 Å². The Morgan fingerprint density at radius 2 is 1.76 bits per heavy atom. The fraction of sp³-hybridized carbons (Fsp3) is 1.00. The van der Waals surface area contributed by atoms with Crippen LogP contribution in [-0.2, 0) is 0 Å². The van der Waals surface area contributed by atoms with Crippen molar-refractivity contribution in [3.05, 3.63) is 0 Å². The van der Waals surface area contributed by atoms with Crippen LogP contribution in [0.2, 0.25) is 0 Å². The van der Waals surface area contributed by atoms with Crippen molar-refractivity contribution < 1.29 is 0 Å². The molecule has 1 atom stereocenters. The third kappa shape index (κ3) is 4.97. The molecule has 0 aromatic carbocycles. The molecule has 17 heavy (non-hydrogen) atoms. The van der Waals surface area contributed by atoms with E-state index in [0.717, 1.165) is 17.8 Å². The van der Waals surface area contributed by atoms with Gasteiger partial charge in [-0.1, -0.05) is 27.7 Å². The number of rotatable bonds is 3. The maximum Gasteiger partial charge on any atom is 0.00223 e. The topological polar surface area (TPSA) is 15.3 Å². The molecule has 2 fully saturated rings. The number of nitrogens with zero attached hydrogens (tertiary/aromatic N) is 1. The molecule has 102 valence electrons. The van der Waals surface area contributed by atoms with Gasteiger partial charge in [-0.25, -0.2) is 0 Å². The molecular weight excluding hydrogens is 208 g/mol. The van der Waals surface area contributed by atoms with Crippen molar-refractivity contribution in [2.24, 2.45) is 17.8 Å². The normalized spacial score (nSPS) is 27.0. The molecule has 2 rings (SSSR count). The molecule has 1 unspecified atom stereocenters. The Morgan fingerprint density at radius 3 is 2.24 bits per heavy atom. The first-order valence-corrected chi connectivity index (χ1v) is 7.69. The van der Waals surface area contributed by atoms with E-state index in [1.54, 1.807) is 0 Å². The molecule has 0 aromatic rings. The predicted octanol–water partition coefficient (Wildman–Crippen LogP) is 2.99. The number of piperidine rings is 1. The highest BCUT2D eigenvalue weighted by Crippen LogP contribution is 2.25. The Balaban J connectivity index is 0.000000686. The summed E-state index contributed by atoms with van der Waals surface area (Å²) in [6.07, 6.45) is 4.25. The zero-order chi connectivity index (χ0) is 12.7. The summed E-state index contributed by atoms with van der Waals surface area (Å²) in [4.78, 5) is 2.69. The smallest absolute Gasteiger partial charge is 0.00223 e. The number of hydrogen-bond donors (Lipinski definition) is 1. The first kappa shape index (κ1) is 15.0. The van der Waals surface area contributed by atoms with Crippen molar-refractivity contribution in [3.63, 3.8) is 0 Å². The fourth-order valence-corrected chi connectivity index (χ4v) is 3.04. The summed E-state index contributed by atoms with van der Waals surface area (Å²) < 4.78 is 0. The van der Waals surface area contributed by atoms with Crippen LogP contribution in [0.5, 0.6) is 0 Å². The number of hydrogen-bond acceptors (Lipinski definition) is 2. The van der Waals surface area contributed by atoms with E-state index in [2.05, 4.69) is 24.1 Å². The maximum absolute atomic E-state index is 3.46. The average Bonchev–Trinajstić information content (AvgIpc) is 2.85. The molecule has 0 radical (unpaired) electrons. The highest BCUT2D eigenvalue weighted by Gasteiger charge is 2.24. The van der Waals surface area contributed by atoms with Crippen LogP contribution in [0.25, 0.3) is 0 Å². The molecule has 2 heteroatoms. The van der Waals surface area contributed by atoms with Crippen molar-refractivity contribution in [2.45, 2.75) is 47.0 Å². The average molecular weight is 240 g/mol. The van der Waals surface area contributed by atoms with E-state index in [4.69, 9.17) is 0 Å². The second-order valence-corrected chi connectivity index (χ2v) is 5.74. The summed E-state index contributed by atoms with van der Waals surface area (Å²) in [6.45, 7) is 15.3. The van der Waals surface area contributed by atoms with E-state index in [0.29, 0.717) is 0 Å². The minimum Gasteiger partial charge on any atom is -0.316 e. The van der Waals surface area contributed by atoms with Crippen LogP contribution >= 0.6 is 0 Å². The Morgan fingerprint density at radius 1 is 1.12 bits per heavy atom. The predicted molar refractivity (Wildman–Crippen MR) is 76.3 cm³/mol. The quantitative estimate of drug-likeness (QED) is 0.816. The van der Waals surface area contributed by atoms with E-state index in [1.165, 1.54) is 52.0 Å². The van der Waals surface area contributed by atoms with Gasteiger partial charge in [-0.05, 0) is 63.2 Å². The van der Waals surface area contributed by atoms with Crippen LogP contribution in [0, 0.1) is 17.8 Å².